The van der Waals surface area contributed by atoms with Crippen LogP contribution in [0.2, 0.25) is 0 Å². The number of benzene rings is 9. The molecule has 60 heavy (non-hydrogen) atoms. The van der Waals surface area contributed by atoms with E-state index in [1.807, 2.05) is 24.3 Å². The summed E-state index contributed by atoms with van der Waals surface area (Å²) >= 11 is 0. The minimum atomic E-state index is -0.0516. The molecule has 12 rings (SSSR count). The van der Waals surface area contributed by atoms with Gasteiger partial charge < -0.3 is 13.7 Å². The molecule has 0 fully saturated rings. The van der Waals surface area contributed by atoms with E-state index in [2.05, 4.69) is 195 Å². The van der Waals surface area contributed by atoms with Crippen LogP contribution in [0.4, 0.5) is 17.1 Å². The quantitative estimate of drug-likeness (QED) is 0.169. The molecule has 2 heterocycles. The molecule has 1 aliphatic carbocycles. The van der Waals surface area contributed by atoms with E-state index < -0.39 is 0 Å². The van der Waals surface area contributed by atoms with E-state index in [9.17, 15) is 0 Å². The first-order chi connectivity index (χ1) is 29.5. The highest BCUT2D eigenvalue weighted by Gasteiger charge is 2.35. The first-order valence-electron chi connectivity index (χ1n) is 20.7. The molecule has 0 aliphatic heterocycles. The summed E-state index contributed by atoms with van der Waals surface area (Å²) in [6.45, 7) is 4.68. The minimum Gasteiger partial charge on any atom is -0.456 e. The first kappa shape index (κ1) is 34.4. The summed E-state index contributed by atoms with van der Waals surface area (Å²) in [5.74, 6) is 0. The van der Waals surface area contributed by atoms with Gasteiger partial charge >= 0.3 is 0 Å². The van der Waals surface area contributed by atoms with E-state index in [0.29, 0.717) is 0 Å². The lowest BCUT2D eigenvalue weighted by atomic mass is 9.82. The molecular formula is C57H39NO2. The number of para-hydroxylation sites is 3. The number of rotatable bonds is 6. The minimum absolute atomic E-state index is 0.0516. The molecule has 0 bridgehead atoms. The molecule has 0 N–H and O–H groups in total. The summed E-state index contributed by atoms with van der Waals surface area (Å²) in [5, 5.41) is 4.52. The van der Waals surface area contributed by atoms with E-state index in [-0.39, 0.29) is 5.41 Å². The van der Waals surface area contributed by atoms with Gasteiger partial charge in [0.15, 0.2) is 0 Å². The SMILES string of the molecule is CC1(C)c2ccccc2-c2cc(-c3ccccc3N(c3ccc(-c4ccc5oc6ccccc6c5c4)cc3)c3ccc(-c4ccc5oc6ccccc6c5c4)cc3)ccc21. The van der Waals surface area contributed by atoms with Crippen LogP contribution in [0.3, 0.4) is 0 Å². The predicted octanol–water partition coefficient (Wildman–Crippen LogP) is 16.3. The van der Waals surface area contributed by atoms with Crippen molar-refractivity contribution in [2.45, 2.75) is 19.3 Å². The molecule has 0 radical (unpaired) electrons. The van der Waals surface area contributed by atoms with Crippen molar-refractivity contribution in [3.8, 4) is 44.5 Å². The molecule has 0 amide bonds. The second-order valence-corrected chi connectivity index (χ2v) is 16.5. The van der Waals surface area contributed by atoms with Crippen LogP contribution in [0.1, 0.15) is 25.0 Å². The van der Waals surface area contributed by atoms with Gasteiger partial charge in [-0.05, 0) is 123 Å². The zero-order valence-electron chi connectivity index (χ0n) is 33.3. The second-order valence-electron chi connectivity index (χ2n) is 16.5. The summed E-state index contributed by atoms with van der Waals surface area (Å²) < 4.78 is 12.3. The van der Waals surface area contributed by atoms with Crippen LogP contribution in [0, 0.1) is 0 Å². The van der Waals surface area contributed by atoms with Gasteiger partial charge in [0.25, 0.3) is 0 Å². The number of nitrogens with zero attached hydrogens (tertiary/aromatic N) is 1. The van der Waals surface area contributed by atoms with Gasteiger partial charge in [-0.25, -0.2) is 0 Å². The predicted molar refractivity (Wildman–Crippen MR) is 250 cm³/mol. The summed E-state index contributed by atoms with van der Waals surface area (Å²) in [7, 11) is 0. The van der Waals surface area contributed by atoms with Crippen molar-refractivity contribution >= 4 is 60.9 Å². The van der Waals surface area contributed by atoms with Crippen LogP contribution in [-0.2, 0) is 5.41 Å². The molecule has 3 heteroatoms. The zero-order valence-corrected chi connectivity index (χ0v) is 33.3. The van der Waals surface area contributed by atoms with Gasteiger partial charge in [-0.15, -0.1) is 0 Å². The van der Waals surface area contributed by atoms with Crippen LogP contribution < -0.4 is 4.90 Å². The Kier molecular flexibility index (Phi) is 7.58. The highest BCUT2D eigenvalue weighted by Crippen LogP contribution is 2.51. The number of hydrogen-bond acceptors (Lipinski definition) is 3. The van der Waals surface area contributed by atoms with Crippen molar-refractivity contribution in [1.82, 2.24) is 0 Å². The highest BCUT2D eigenvalue weighted by molar-refractivity contribution is 6.07. The Morgan fingerprint density at radius 3 is 1.38 bits per heavy atom. The Bertz CT molecular complexity index is 3300. The van der Waals surface area contributed by atoms with Gasteiger partial charge in [0.1, 0.15) is 22.3 Å². The number of fused-ring (bicyclic) bond motifs is 9. The van der Waals surface area contributed by atoms with Gasteiger partial charge in [-0.1, -0.05) is 141 Å². The molecular weight excluding hydrogens is 731 g/mol. The van der Waals surface area contributed by atoms with Gasteiger partial charge in [0.2, 0.25) is 0 Å². The van der Waals surface area contributed by atoms with Gasteiger partial charge in [0.05, 0.1) is 5.69 Å². The fourth-order valence-electron chi connectivity index (χ4n) is 9.64. The molecule has 3 nitrogen and oxygen atoms in total. The first-order valence-corrected chi connectivity index (χ1v) is 20.7. The molecule has 11 aromatic rings. The van der Waals surface area contributed by atoms with Crippen LogP contribution in [0.25, 0.3) is 88.4 Å². The van der Waals surface area contributed by atoms with Crippen LogP contribution in [0.5, 0.6) is 0 Å². The van der Waals surface area contributed by atoms with Gasteiger partial charge in [-0.3, -0.25) is 0 Å². The standard InChI is InChI=1S/C57H39NO2/c1-57(2)50-15-7-3-12-44(50)47-35-40(23-30-51(47)57)43-11-4-8-16-52(43)58(41-26-19-36(20-27-41)38-24-31-55-48(33-38)45-13-5-9-17-53(45)59-55)42-28-21-37(22-29-42)39-25-32-56-49(34-39)46-14-6-10-18-54(46)60-56/h3-35H,1-2H3. The van der Waals surface area contributed by atoms with E-state index in [0.717, 1.165) is 83.2 Å². The Morgan fingerprint density at radius 1 is 0.333 bits per heavy atom. The Balaban J connectivity index is 0.977. The molecule has 9 aromatic carbocycles. The third-order valence-corrected chi connectivity index (χ3v) is 12.7. The summed E-state index contributed by atoms with van der Waals surface area (Å²) in [6, 6.07) is 72.2. The highest BCUT2D eigenvalue weighted by atomic mass is 16.3. The summed E-state index contributed by atoms with van der Waals surface area (Å²) in [6.07, 6.45) is 0. The van der Waals surface area contributed by atoms with Crippen LogP contribution in [-0.4, -0.2) is 0 Å². The van der Waals surface area contributed by atoms with E-state index in [4.69, 9.17) is 8.83 Å². The van der Waals surface area contributed by atoms with Crippen molar-refractivity contribution in [2.75, 3.05) is 4.90 Å². The maximum Gasteiger partial charge on any atom is 0.135 e. The molecule has 0 spiro atoms. The smallest absolute Gasteiger partial charge is 0.135 e. The summed E-state index contributed by atoms with van der Waals surface area (Å²) in [5.41, 5.74) is 19.2. The molecule has 0 unspecified atom stereocenters. The third-order valence-electron chi connectivity index (χ3n) is 12.7. The van der Waals surface area contributed by atoms with Crippen LogP contribution >= 0.6 is 0 Å². The molecule has 1 aliphatic rings. The van der Waals surface area contributed by atoms with E-state index in [1.54, 1.807) is 0 Å². The Morgan fingerprint density at radius 2 is 0.783 bits per heavy atom. The monoisotopic (exact) mass is 769 g/mol. The normalized spacial score (nSPS) is 13.0. The summed E-state index contributed by atoms with van der Waals surface area (Å²) in [4.78, 5) is 2.40. The fourth-order valence-corrected chi connectivity index (χ4v) is 9.64. The van der Waals surface area contributed by atoms with Gasteiger partial charge in [0, 0.05) is 43.9 Å². The molecule has 284 valence electrons. The Hall–Kier alpha value is -7.62. The zero-order chi connectivity index (χ0) is 40.0. The fraction of sp³-hybridized carbons (Fsp3) is 0.0526. The second kappa shape index (κ2) is 13.2. The van der Waals surface area contributed by atoms with Gasteiger partial charge in [-0.2, -0.15) is 0 Å². The number of furan rings is 2. The third kappa shape index (κ3) is 5.36. The van der Waals surface area contributed by atoms with Crippen LogP contribution in [0.15, 0.2) is 209 Å². The number of hydrogen-bond donors (Lipinski definition) is 0. The lowest BCUT2D eigenvalue weighted by Gasteiger charge is -2.28. The molecule has 0 saturated carbocycles. The average molecular weight is 770 g/mol. The van der Waals surface area contributed by atoms with Crippen molar-refractivity contribution in [3.63, 3.8) is 0 Å². The maximum atomic E-state index is 6.15. The lowest BCUT2D eigenvalue weighted by Crippen LogP contribution is -2.14. The molecule has 0 saturated heterocycles. The maximum absolute atomic E-state index is 6.15. The van der Waals surface area contributed by atoms with E-state index in [1.165, 1.54) is 33.4 Å². The largest absolute Gasteiger partial charge is 0.456 e. The van der Waals surface area contributed by atoms with Crippen molar-refractivity contribution < 1.29 is 8.83 Å². The van der Waals surface area contributed by atoms with Crippen molar-refractivity contribution in [2.24, 2.45) is 0 Å². The molecule has 2 aromatic heterocycles. The Labute approximate surface area is 348 Å². The van der Waals surface area contributed by atoms with E-state index >= 15 is 0 Å². The van der Waals surface area contributed by atoms with Crippen molar-refractivity contribution in [1.29, 1.82) is 0 Å². The lowest BCUT2D eigenvalue weighted by molar-refractivity contribution is 0.660. The average Bonchev–Trinajstić information content (AvgIpc) is 3.94. The molecule has 0 atom stereocenters. The number of anilines is 3. The van der Waals surface area contributed by atoms with Crippen molar-refractivity contribution in [3.05, 3.63) is 211 Å². The topological polar surface area (TPSA) is 29.5 Å².